The minimum absolute atomic E-state index is 0.113. The van der Waals surface area contributed by atoms with Gasteiger partial charge < -0.3 is 19.5 Å². The number of aliphatic hydroxyl groups excluding tert-OH is 1. The minimum atomic E-state index is -0.964. The summed E-state index contributed by atoms with van der Waals surface area (Å²) in [6.45, 7) is 2.34. The van der Waals surface area contributed by atoms with Crippen LogP contribution < -0.4 is 4.74 Å². The lowest BCUT2D eigenvalue weighted by atomic mass is 9.94. The number of aryl methyl sites for hydroxylation is 1. The number of ketones is 1. The molecule has 3 rings (SSSR count). The number of methoxy groups -OCH3 is 2. The summed E-state index contributed by atoms with van der Waals surface area (Å²) in [7, 11) is 3.05. The number of carbonyl (C=O) groups is 2. The van der Waals surface area contributed by atoms with Crippen LogP contribution in [0.4, 0.5) is 5.69 Å². The summed E-state index contributed by atoms with van der Waals surface area (Å²) in [5.41, 5.74) is 1.15. The van der Waals surface area contributed by atoms with Gasteiger partial charge in [0.1, 0.15) is 11.5 Å². The molecular weight excluding hydrogens is 416 g/mol. The molecule has 0 aromatic heterocycles. The smallest absolute Gasteiger partial charge is 0.295 e. The molecule has 1 aliphatic rings. The quantitative estimate of drug-likeness (QED) is 0.167. The van der Waals surface area contributed by atoms with Crippen LogP contribution in [0.5, 0.6) is 5.75 Å². The fourth-order valence-electron chi connectivity index (χ4n) is 3.83. The predicted molar refractivity (Wildman–Crippen MR) is 116 cm³/mol. The summed E-state index contributed by atoms with van der Waals surface area (Å²) >= 11 is 0. The first-order valence-electron chi connectivity index (χ1n) is 9.96. The van der Waals surface area contributed by atoms with Crippen LogP contribution in [0, 0.1) is 17.0 Å². The monoisotopic (exact) mass is 440 g/mol. The first-order chi connectivity index (χ1) is 15.3. The van der Waals surface area contributed by atoms with Gasteiger partial charge in [0.2, 0.25) is 0 Å². The van der Waals surface area contributed by atoms with Gasteiger partial charge in [0, 0.05) is 38.0 Å². The topological polar surface area (TPSA) is 119 Å². The van der Waals surface area contributed by atoms with Crippen molar-refractivity contribution in [3.05, 3.63) is 74.8 Å². The fraction of sp³-hybridized carbons (Fsp3) is 0.304. The number of nitrogens with zero attached hydrogens (tertiary/aromatic N) is 2. The lowest BCUT2D eigenvalue weighted by molar-refractivity contribution is -0.384. The molecule has 0 saturated carbocycles. The number of rotatable bonds is 8. The first-order valence-corrected chi connectivity index (χ1v) is 9.96. The van der Waals surface area contributed by atoms with Crippen molar-refractivity contribution in [2.75, 3.05) is 27.4 Å². The highest BCUT2D eigenvalue weighted by atomic mass is 16.6. The van der Waals surface area contributed by atoms with Gasteiger partial charge in [0.25, 0.3) is 17.4 Å². The van der Waals surface area contributed by atoms with E-state index < -0.39 is 22.7 Å². The maximum atomic E-state index is 13.0. The van der Waals surface area contributed by atoms with Gasteiger partial charge in [-0.05, 0) is 42.7 Å². The molecular formula is C23H24N2O7. The lowest BCUT2D eigenvalue weighted by Crippen LogP contribution is -2.31. The zero-order valence-electron chi connectivity index (χ0n) is 18.0. The number of aliphatic hydroxyl groups is 1. The van der Waals surface area contributed by atoms with Gasteiger partial charge in [-0.25, -0.2) is 0 Å². The number of carbonyl (C=O) groups excluding carboxylic acids is 2. The van der Waals surface area contributed by atoms with Crippen molar-refractivity contribution in [2.45, 2.75) is 19.4 Å². The molecule has 1 fully saturated rings. The summed E-state index contributed by atoms with van der Waals surface area (Å²) in [5.74, 6) is -1.36. The first kappa shape index (κ1) is 23.0. The van der Waals surface area contributed by atoms with Crippen LogP contribution in [0.25, 0.3) is 5.76 Å². The third kappa shape index (κ3) is 4.33. The van der Waals surface area contributed by atoms with Crippen molar-refractivity contribution in [2.24, 2.45) is 0 Å². The number of ether oxygens (including phenoxy) is 2. The van der Waals surface area contributed by atoms with Gasteiger partial charge in [-0.2, -0.15) is 0 Å². The van der Waals surface area contributed by atoms with Crippen LogP contribution in [0.2, 0.25) is 0 Å². The van der Waals surface area contributed by atoms with Gasteiger partial charge in [-0.15, -0.1) is 0 Å². The summed E-state index contributed by atoms with van der Waals surface area (Å²) in [5, 5.41) is 22.4. The molecule has 1 N–H and O–H groups in total. The molecule has 1 aliphatic heterocycles. The molecule has 0 unspecified atom stereocenters. The number of amides is 1. The Labute approximate surface area is 185 Å². The summed E-state index contributed by atoms with van der Waals surface area (Å²) in [6.07, 6.45) is 0.455. The third-order valence-electron chi connectivity index (χ3n) is 5.35. The number of non-ortho nitro benzene ring substituents is 1. The van der Waals surface area contributed by atoms with E-state index in [1.54, 1.807) is 31.2 Å². The van der Waals surface area contributed by atoms with Crippen molar-refractivity contribution < 1.29 is 29.1 Å². The Morgan fingerprint density at radius 2 is 1.94 bits per heavy atom. The van der Waals surface area contributed by atoms with Crippen LogP contribution in [0.3, 0.4) is 0 Å². The second-order valence-corrected chi connectivity index (χ2v) is 7.38. The van der Waals surface area contributed by atoms with E-state index in [1.807, 2.05) is 0 Å². The predicted octanol–water partition coefficient (Wildman–Crippen LogP) is 3.37. The van der Waals surface area contributed by atoms with Gasteiger partial charge in [-0.1, -0.05) is 12.1 Å². The molecule has 9 nitrogen and oxygen atoms in total. The standard InChI is InChI=1S/C23H24N2O7/c1-14-12-16(8-9-18(14)32-3)21(26)19-20(15-6-4-7-17(13-15)25(29)30)24(10-5-11-31-2)23(28)22(19)27/h4,6-9,12-13,20,26H,5,10-11H2,1-3H3/t20-/m1/s1. The molecule has 1 amide bonds. The molecule has 0 bridgehead atoms. The molecule has 2 aromatic rings. The van der Waals surface area contributed by atoms with Gasteiger partial charge >= 0.3 is 0 Å². The molecule has 168 valence electrons. The van der Waals surface area contributed by atoms with E-state index in [9.17, 15) is 24.8 Å². The zero-order chi connectivity index (χ0) is 23.4. The van der Waals surface area contributed by atoms with Crippen LogP contribution in [-0.2, 0) is 14.3 Å². The molecule has 1 atom stereocenters. The highest BCUT2D eigenvalue weighted by Gasteiger charge is 2.46. The molecule has 32 heavy (non-hydrogen) atoms. The SMILES string of the molecule is COCCCN1C(=O)C(=O)C(=C(O)c2ccc(OC)c(C)c2)[C@H]1c1cccc([N+](=O)[O-])c1. The number of nitro groups is 1. The normalized spacial score (nSPS) is 17.6. The molecule has 0 spiro atoms. The van der Waals surface area contributed by atoms with E-state index in [0.29, 0.717) is 29.9 Å². The summed E-state index contributed by atoms with van der Waals surface area (Å²) in [4.78, 5) is 37.9. The number of hydrogen-bond acceptors (Lipinski definition) is 7. The second-order valence-electron chi connectivity index (χ2n) is 7.38. The average molecular weight is 440 g/mol. The molecule has 2 aromatic carbocycles. The lowest BCUT2D eigenvalue weighted by Gasteiger charge is -2.25. The highest BCUT2D eigenvalue weighted by Crippen LogP contribution is 2.40. The maximum absolute atomic E-state index is 13.0. The van der Waals surface area contributed by atoms with E-state index in [2.05, 4.69) is 0 Å². The Kier molecular flexibility index (Phi) is 6.89. The maximum Gasteiger partial charge on any atom is 0.295 e. The molecule has 9 heteroatoms. The number of benzene rings is 2. The van der Waals surface area contributed by atoms with E-state index in [-0.39, 0.29) is 23.6 Å². The highest BCUT2D eigenvalue weighted by molar-refractivity contribution is 6.46. The number of nitro benzene ring substituents is 1. The Morgan fingerprint density at radius 1 is 1.19 bits per heavy atom. The number of Topliss-reactive ketones (excluding diaryl/α,β-unsaturated/α-hetero) is 1. The van der Waals surface area contributed by atoms with Crippen molar-refractivity contribution >= 4 is 23.1 Å². The van der Waals surface area contributed by atoms with Crippen LogP contribution in [0.1, 0.15) is 29.2 Å². The van der Waals surface area contributed by atoms with Gasteiger partial charge in [0.05, 0.1) is 23.6 Å². The fourth-order valence-corrected chi connectivity index (χ4v) is 3.83. The van der Waals surface area contributed by atoms with Crippen LogP contribution in [-0.4, -0.2) is 54.0 Å². The largest absolute Gasteiger partial charge is 0.507 e. The van der Waals surface area contributed by atoms with Gasteiger partial charge in [-0.3, -0.25) is 19.7 Å². The third-order valence-corrected chi connectivity index (χ3v) is 5.35. The van der Waals surface area contributed by atoms with Crippen molar-refractivity contribution in [1.29, 1.82) is 0 Å². The molecule has 0 radical (unpaired) electrons. The average Bonchev–Trinajstić information content (AvgIpc) is 3.03. The van der Waals surface area contributed by atoms with Crippen molar-refractivity contribution in [1.82, 2.24) is 4.90 Å². The summed E-state index contributed by atoms with van der Waals surface area (Å²) in [6, 6.07) is 9.65. The number of hydrogen-bond donors (Lipinski definition) is 1. The van der Waals surface area contributed by atoms with Gasteiger partial charge in [0.15, 0.2) is 0 Å². The van der Waals surface area contributed by atoms with Crippen LogP contribution >= 0.6 is 0 Å². The van der Waals surface area contributed by atoms with E-state index in [1.165, 1.54) is 37.3 Å². The van der Waals surface area contributed by atoms with E-state index >= 15 is 0 Å². The Hall–Kier alpha value is -3.72. The number of likely N-dealkylation sites (tertiary alicyclic amines) is 1. The summed E-state index contributed by atoms with van der Waals surface area (Å²) < 4.78 is 10.3. The molecule has 1 saturated heterocycles. The molecule has 0 aliphatic carbocycles. The Balaban J connectivity index is 2.17. The Bertz CT molecular complexity index is 1090. The van der Waals surface area contributed by atoms with E-state index in [4.69, 9.17) is 9.47 Å². The minimum Gasteiger partial charge on any atom is -0.507 e. The van der Waals surface area contributed by atoms with Crippen molar-refractivity contribution in [3.63, 3.8) is 0 Å². The second kappa shape index (κ2) is 9.61. The van der Waals surface area contributed by atoms with Crippen molar-refractivity contribution in [3.8, 4) is 5.75 Å². The zero-order valence-corrected chi connectivity index (χ0v) is 18.0. The van der Waals surface area contributed by atoms with E-state index in [0.717, 1.165) is 5.56 Å². The Morgan fingerprint density at radius 3 is 2.56 bits per heavy atom. The molecule has 1 heterocycles. The van der Waals surface area contributed by atoms with Crippen LogP contribution in [0.15, 0.2) is 48.0 Å².